The van der Waals surface area contributed by atoms with Gasteiger partial charge < -0.3 is 0 Å². The predicted octanol–water partition coefficient (Wildman–Crippen LogP) is 5.44. The van der Waals surface area contributed by atoms with Gasteiger partial charge in [0.1, 0.15) is 0 Å². The van der Waals surface area contributed by atoms with E-state index in [9.17, 15) is 0 Å². The first-order valence-corrected chi connectivity index (χ1v) is 7.75. The van der Waals surface area contributed by atoms with Crippen LogP contribution in [0.3, 0.4) is 0 Å². The van der Waals surface area contributed by atoms with Crippen LogP contribution in [0.15, 0.2) is 60.7 Å². The van der Waals surface area contributed by atoms with Gasteiger partial charge in [-0.25, -0.2) is 4.98 Å². The Kier molecular flexibility index (Phi) is 2.71. The number of fused-ring (bicyclic) bond motifs is 4. The molecule has 1 aromatic heterocycles. The second-order valence-electron chi connectivity index (χ2n) is 4.92. The largest absolute Gasteiger partial charge is 0.247 e. The molecule has 4 rings (SSSR count). The van der Waals surface area contributed by atoms with Crippen molar-refractivity contribution in [2.24, 2.45) is 0 Å². The van der Waals surface area contributed by atoms with Crippen molar-refractivity contribution >= 4 is 48.5 Å². The highest BCUT2D eigenvalue weighted by molar-refractivity contribution is 9.08. The number of halogens is 1. The number of alkyl halides is 1. The fourth-order valence-corrected chi connectivity index (χ4v) is 3.46. The molecular formula is C18H12BrN. The van der Waals surface area contributed by atoms with Gasteiger partial charge in [-0.2, -0.15) is 0 Å². The molecule has 0 bridgehead atoms. The molecule has 20 heavy (non-hydrogen) atoms. The van der Waals surface area contributed by atoms with Gasteiger partial charge in [0.05, 0.1) is 11.0 Å². The van der Waals surface area contributed by atoms with Crippen LogP contribution in [0.2, 0.25) is 0 Å². The van der Waals surface area contributed by atoms with E-state index < -0.39 is 0 Å². The Morgan fingerprint density at radius 2 is 1.50 bits per heavy atom. The number of pyridine rings is 1. The molecule has 0 aliphatic heterocycles. The van der Waals surface area contributed by atoms with Crippen molar-refractivity contribution in [2.75, 3.05) is 0 Å². The smallest absolute Gasteiger partial charge is 0.0791 e. The van der Waals surface area contributed by atoms with Crippen molar-refractivity contribution in [2.45, 2.75) is 5.33 Å². The second-order valence-corrected chi connectivity index (χ2v) is 5.48. The van der Waals surface area contributed by atoms with Crippen molar-refractivity contribution in [1.29, 1.82) is 0 Å². The highest BCUT2D eigenvalue weighted by Gasteiger charge is 2.09. The molecule has 0 N–H and O–H groups in total. The average molecular weight is 322 g/mol. The maximum absolute atomic E-state index is 4.89. The molecule has 4 aromatic rings. The van der Waals surface area contributed by atoms with E-state index in [1.54, 1.807) is 0 Å². The van der Waals surface area contributed by atoms with Gasteiger partial charge in [-0.1, -0.05) is 70.5 Å². The zero-order valence-corrected chi connectivity index (χ0v) is 12.4. The van der Waals surface area contributed by atoms with E-state index in [1.165, 1.54) is 27.1 Å². The minimum Gasteiger partial charge on any atom is -0.247 e. The standard InChI is InChI=1S/C18H12BrN/c19-11-16-14-7-3-4-8-17(14)20-18-13-6-2-1-5-12(13)9-10-15(16)18/h1-10H,11H2. The average Bonchev–Trinajstić information content (AvgIpc) is 2.52. The summed E-state index contributed by atoms with van der Waals surface area (Å²) in [4.78, 5) is 4.89. The van der Waals surface area contributed by atoms with Gasteiger partial charge in [-0.3, -0.25) is 0 Å². The van der Waals surface area contributed by atoms with E-state index in [1.807, 2.05) is 6.07 Å². The highest BCUT2D eigenvalue weighted by Crippen LogP contribution is 2.31. The van der Waals surface area contributed by atoms with Crippen LogP contribution < -0.4 is 0 Å². The Hall–Kier alpha value is -1.93. The molecule has 0 spiro atoms. The molecule has 0 amide bonds. The number of hydrogen-bond acceptors (Lipinski definition) is 1. The molecule has 3 aromatic carbocycles. The first-order chi connectivity index (χ1) is 9.88. The summed E-state index contributed by atoms with van der Waals surface area (Å²) in [5.74, 6) is 0. The van der Waals surface area contributed by atoms with Gasteiger partial charge in [0.2, 0.25) is 0 Å². The Labute approximate surface area is 125 Å². The molecule has 0 unspecified atom stereocenters. The van der Waals surface area contributed by atoms with Gasteiger partial charge in [0.15, 0.2) is 0 Å². The molecule has 0 saturated heterocycles. The van der Waals surface area contributed by atoms with Crippen LogP contribution in [0, 0.1) is 0 Å². The topological polar surface area (TPSA) is 12.9 Å². The summed E-state index contributed by atoms with van der Waals surface area (Å²) in [7, 11) is 0. The molecule has 96 valence electrons. The molecule has 0 aliphatic carbocycles. The van der Waals surface area contributed by atoms with Crippen LogP contribution >= 0.6 is 15.9 Å². The Balaban J connectivity index is 2.30. The monoisotopic (exact) mass is 321 g/mol. The first kappa shape index (κ1) is 11.9. The second kappa shape index (κ2) is 4.57. The van der Waals surface area contributed by atoms with Crippen LogP contribution in [0.4, 0.5) is 0 Å². The third-order valence-corrected chi connectivity index (χ3v) is 4.38. The third-order valence-electron chi connectivity index (χ3n) is 3.82. The van der Waals surface area contributed by atoms with Crippen molar-refractivity contribution < 1.29 is 0 Å². The summed E-state index contributed by atoms with van der Waals surface area (Å²) < 4.78 is 0. The summed E-state index contributed by atoms with van der Waals surface area (Å²) in [5, 5.41) is 5.76. The number of nitrogens with zero attached hydrogens (tertiary/aromatic N) is 1. The van der Waals surface area contributed by atoms with E-state index in [0.29, 0.717) is 0 Å². The van der Waals surface area contributed by atoms with E-state index in [-0.39, 0.29) is 0 Å². The summed E-state index contributed by atoms with van der Waals surface area (Å²) >= 11 is 3.64. The Morgan fingerprint density at radius 3 is 2.35 bits per heavy atom. The highest BCUT2D eigenvalue weighted by atomic mass is 79.9. The van der Waals surface area contributed by atoms with E-state index >= 15 is 0 Å². The maximum atomic E-state index is 4.89. The van der Waals surface area contributed by atoms with Gasteiger partial charge in [0, 0.05) is 21.5 Å². The van der Waals surface area contributed by atoms with Crippen molar-refractivity contribution in [3.8, 4) is 0 Å². The minimum absolute atomic E-state index is 0.838. The quantitative estimate of drug-likeness (QED) is 0.258. The number of para-hydroxylation sites is 1. The SMILES string of the molecule is BrCc1c2ccccc2nc2c1ccc1ccccc12. The lowest BCUT2D eigenvalue weighted by Crippen LogP contribution is -1.91. The van der Waals surface area contributed by atoms with Crippen molar-refractivity contribution in [3.05, 3.63) is 66.2 Å². The van der Waals surface area contributed by atoms with Gasteiger partial charge >= 0.3 is 0 Å². The maximum Gasteiger partial charge on any atom is 0.0791 e. The van der Waals surface area contributed by atoms with Crippen molar-refractivity contribution in [3.63, 3.8) is 0 Å². The Bertz CT molecular complexity index is 944. The van der Waals surface area contributed by atoms with Gasteiger partial charge in [0.25, 0.3) is 0 Å². The lowest BCUT2D eigenvalue weighted by molar-refractivity contribution is 1.45. The van der Waals surface area contributed by atoms with Crippen molar-refractivity contribution in [1.82, 2.24) is 4.98 Å². The Morgan fingerprint density at radius 1 is 0.750 bits per heavy atom. The van der Waals surface area contributed by atoms with Crippen LogP contribution in [0.25, 0.3) is 32.6 Å². The zero-order chi connectivity index (χ0) is 13.5. The lowest BCUT2D eigenvalue weighted by atomic mass is 10.00. The molecule has 0 fully saturated rings. The van der Waals surface area contributed by atoms with Crippen LogP contribution in [-0.2, 0) is 5.33 Å². The first-order valence-electron chi connectivity index (χ1n) is 6.63. The summed E-state index contributed by atoms with van der Waals surface area (Å²) in [6.45, 7) is 0. The fraction of sp³-hybridized carbons (Fsp3) is 0.0556. The molecule has 1 nitrogen and oxygen atoms in total. The molecular weight excluding hydrogens is 310 g/mol. The molecule has 0 aliphatic rings. The molecule has 1 heterocycles. The lowest BCUT2D eigenvalue weighted by Gasteiger charge is -2.10. The molecule has 0 atom stereocenters. The molecule has 0 saturated carbocycles. The van der Waals surface area contributed by atoms with E-state index in [0.717, 1.165) is 16.4 Å². The van der Waals surface area contributed by atoms with Crippen LogP contribution in [0.1, 0.15) is 5.56 Å². The molecule has 2 heteroatoms. The summed E-state index contributed by atoms with van der Waals surface area (Å²) in [5.41, 5.74) is 3.47. The minimum atomic E-state index is 0.838. The number of aromatic nitrogens is 1. The molecule has 0 radical (unpaired) electrons. The van der Waals surface area contributed by atoms with Crippen LogP contribution in [0.5, 0.6) is 0 Å². The van der Waals surface area contributed by atoms with Crippen LogP contribution in [-0.4, -0.2) is 4.98 Å². The fourth-order valence-electron chi connectivity index (χ4n) is 2.85. The third kappa shape index (κ3) is 1.65. The zero-order valence-electron chi connectivity index (χ0n) is 10.8. The normalized spacial score (nSPS) is 11.4. The van der Waals surface area contributed by atoms with E-state index in [4.69, 9.17) is 4.98 Å². The summed E-state index contributed by atoms with van der Waals surface area (Å²) in [6, 6.07) is 21.2. The number of rotatable bonds is 1. The summed E-state index contributed by atoms with van der Waals surface area (Å²) in [6.07, 6.45) is 0. The van der Waals surface area contributed by atoms with E-state index in [2.05, 4.69) is 70.5 Å². The predicted molar refractivity (Wildman–Crippen MR) is 89.4 cm³/mol. The number of hydrogen-bond donors (Lipinski definition) is 0. The van der Waals surface area contributed by atoms with Gasteiger partial charge in [-0.15, -0.1) is 0 Å². The number of benzene rings is 3. The van der Waals surface area contributed by atoms with Gasteiger partial charge in [-0.05, 0) is 17.0 Å².